The highest BCUT2D eigenvalue weighted by atomic mass is 16.5. The maximum Gasteiger partial charge on any atom is 0.311 e. The van der Waals surface area contributed by atoms with Crippen molar-refractivity contribution in [2.45, 2.75) is 20.3 Å². The Morgan fingerprint density at radius 3 is 2.64 bits per heavy atom. The predicted octanol–water partition coefficient (Wildman–Crippen LogP) is 3.09. The molecule has 3 rings (SSSR count). The summed E-state index contributed by atoms with van der Waals surface area (Å²) in [5.41, 5.74) is 3.31. The van der Waals surface area contributed by atoms with Crippen molar-refractivity contribution in [2.24, 2.45) is 5.92 Å². The Balaban J connectivity index is 1.60. The number of methoxy groups -OCH3 is 1. The number of carbonyl (C=O) groups is 3. The van der Waals surface area contributed by atoms with Gasteiger partial charge in [-0.15, -0.1) is 0 Å². The Morgan fingerprint density at radius 2 is 1.93 bits per heavy atom. The van der Waals surface area contributed by atoms with Crippen molar-refractivity contribution < 1.29 is 23.9 Å². The van der Waals surface area contributed by atoms with E-state index in [1.54, 1.807) is 29.2 Å². The van der Waals surface area contributed by atoms with Crippen molar-refractivity contribution in [1.29, 1.82) is 0 Å². The minimum Gasteiger partial charge on any atom is -0.497 e. The third-order valence-corrected chi connectivity index (χ3v) is 4.84. The lowest BCUT2D eigenvalue weighted by atomic mass is 10.1. The van der Waals surface area contributed by atoms with Crippen LogP contribution in [0.15, 0.2) is 42.5 Å². The van der Waals surface area contributed by atoms with Crippen LogP contribution in [0.3, 0.4) is 0 Å². The first-order valence-corrected chi connectivity index (χ1v) is 9.10. The lowest BCUT2D eigenvalue weighted by Gasteiger charge is -2.19. The van der Waals surface area contributed by atoms with E-state index in [9.17, 15) is 14.4 Å². The number of aryl methyl sites for hydroxylation is 2. The number of ether oxygens (including phenoxy) is 2. The molecule has 1 fully saturated rings. The highest BCUT2D eigenvalue weighted by molar-refractivity contribution is 6.01. The summed E-state index contributed by atoms with van der Waals surface area (Å²) in [5, 5.41) is 0. The quantitative estimate of drug-likeness (QED) is 0.568. The Morgan fingerprint density at radius 1 is 1.14 bits per heavy atom. The predicted molar refractivity (Wildman–Crippen MR) is 105 cm³/mol. The number of hydrogen-bond acceptors (Lipinski definition) is 5. The summed E-state index contributed by atoms with van der Waals surface area (Å²) >= 11 is 0. The normalized spacial score (nSPS) is 16.2. The van der Waals surface area contributed by atoms with E-state index < -0.39 is 11.9 Å². The van der Waals surface area contributed by atoms with Crippen molar-refractivity contribution in [2.75, 3.05) is 25.2 Å². The molecule has 0 spiro atoms. The second-order valence-corrected chi connectivity index (χ2v) is 6.96. The van der Waals surface area contributed by atoms with Crippen molar-refractivity contribution in [1.82, 2.24) is 0 Å². The molecule has 0 aromatic heterocycles. The van der Waals surface area contributed by atoms with Crippen LogP contribution in [0.1, 0.15) is 27.9 Å². The molecule has 1 amide bonds. The second-order valence-electron chi connectivity index (χ2n) is 6.96. The molecule has 0 unspecified atom stereocenters. The molecular formula is C22H23NO5. The first-order chi connectivity index (χ1) is 13.4. The maximum absolute atomic E-state index is 12.4. The Hall–Kier alpha value is -3.15. The summed E-state index contributed by atoms with van der Waals surface area (Å²) in [7, 11) is 1.52. The smallest absolute Gasteiger partial charge is 0.311 e. The van der Waals surface area contributed by atoms with Gasteiger partial charge in [0.1, 0.15) is 5.75 Å². The van der Waals surface area contributed by atoms with Crippen molar-refractivity contribution in [3.05, 3.63) is 59.2 Å². The van der Waals surface area contributed by atoms with E-state index in [1.807, 2.05) is 32.0 Å². The van der Waals surface area contributed by atoms with Gasteiger partial charge >= 0.3 is 5.97 Å². The first kappa shape index (κ1) is 19.6. The Kier molecular flexibility index (Phi) is 5.78. The van der Waals surface area contributed by atoms with Crippen LogP contribution in [0.5, 0.6) is 5.75 Å². The van der Waals surface area contributed by atoms with Gasteiger partial charge in [-0.2, -0.15) is 0 Å². The second kappa shape index (κ2) is 8.25. The van der Waals surface area contributed by atoms with Crippen LogP contribution in [0.2, 0.25) is 0 Å². The lowest BCUT2D eigenvalue weighted by Crippen LogP contribution is -2.27. The SMILES string of the molecule is COc1cccc(C(=O)COC(=O)[C@@H]2CC(=O)N(c3ccc(C)cc3C)C2)c1. The number of carbonyl (C=O) groups excluding carboxylic acids is 3. The number of ketones is 1. The number of rotatable bonds is 6. The standard InChI is InChI=1S/C22H23NO5/c1-14-7-8-19(15(2)9-14)23-12-17(11-21(23)25)22(26)28-13-20(24)16-5-4-6-18(10-16)27-3/h4-10,17H,11-13H2,1-3H3/t17-/m1/s1. The summed E-state index contributed by atoms with van der Waals surface area (Å²) in [4.78, 5) is 38.6. The molecule has 146 valence electrons. The first-order valence-electron chi connectivity index (χ1n) is 9.10. The van der Waals surface area contributed by atoms with Gasteiger partial charge in [0.25, 0.3) is 0 Å². The van der Waals surface area contributed by atoms with Gasteiger partial charge in [0.2, 0.25) is 5.91 Å². The molecule has 1 heterocycles. The number of anilines is 1. The van der Waals surface area contributed by atoms with Gasteiger partial charge < -0.3 is 14.4 Å². The molecule has 0 saturated carbocycles. The number of esters is 1. The molecule has 0 N–H and O–H groups in total. The van der Waals surface area contributed by atoms with Gasteiger partial charge in [0, 0.05) is 24.2 Å². The summed E-state index contributed by atoms with van der Waals surface area (Å²) in [6.45, 7) is 3.82. The van der Waals surface area contributed by atoms with E-state index in [2.05, 4.69) is 0 Å². The molecule has 1 atom stereocenters. The number of hydrogen-bond donors (Lipinski definition) is 0. The zero-order valence-corrected chi connectivity index (χ0v) is 16.2. The summed E-state index contributed by atoms with van der Waals surface area (Å²) in [5.74, 6) is -0.985. The molecule has 1 aliphatic heterocycles. The highest BCUT2D eigenvalue weighted by Gasteiger charge is 2.36. The van der Waals surface area contributed by atoms with Crippen LogP contribution < -0.4 is 9.64 Å². The number of nitrogens with zero attached hydrogens (tertiary/aromatic N) is 1. The summed E-state index contributed by atoms with van der Waals surface area (Å²) in [6, 6.07) is 12.5. The Bertz CT molecular complexity index is 921. The van der Waals surface area contributed by atoms with Crippen LogP contribution in [0.25, 0.3) is 0 Å². The number of Topliss-reactive ketones (excluding diaryl/α,β-unsaturated/α-hetero) is 1. The van der Waals surface area contributed by atoms with Crippen LogP contribution >= 0.6 is 0 Å². The minimum absolute atomic E-state index is 0.0828. The van der Waals surface area contributed by atoms with Crippen LogP contribution in [-0.4, -0.2) is 37.9 Å². The number of amides is 1. The number of benzene rings is 2. The van der Waals surface area contributed by atoms with Gasteiger partial charge in [-0.1, -0.05) is 29.8 Å². The minimum atomic E-state index is -0.577. The molecule has 0 radical (unpaired) electrons. The molecule has 2 aromatic carbocycles. The van der Waals surface area contributed by atoms with E-state index in [4.69, 9.17) is 9.47 Å². The van der Waals surface area contributed by atoms with Gasteiger partial charge in [-0.3, -0.25) is 14.4 Å². The fraction of sp³-hybridized carbons (Fsp3) is 0.318. The molecule has 1 aliphatic rings. The molecule has 0 aliphatic carbocycles. The third-order valence-electron chi connectivity index (χ3n) is 4.84. The highest BCUT2D eigenvalue weighted by Crippen LogP contribution is 2.29. The van der Waals surface area contributed by atoms with Gasteiger partial charge in [-0.05, 0) is 37.6 Å². The van der Waals surface area contributed by atoms with Crippen molar-refractivity contribution >= 4 is 23.3 Å². The average molecular weight is 381 g/mol. The maximum atomic E-state index is 12.4. The van der Waals surface area contributed by atoms with Crippen LogP contribution in [0.4, 0.5) is 5.69 Å². The Labute approximate surface area is 164 Å². The molecular weight excluding hydrogens is 358 g/mol. The van der Waals surface area contributed by atoms with E-state index in [-0.39, 0.29) is 31.3 Å². The zero-order valence-electron chi connectivity index (χ0n) is 16.2. The molecule has 6 heteroatoms. The van der Waals surface area contributed by atoms with E-state index in [1.165, 1.54) is 7.11 Å². The average Bonchev–Trinajstić information content (AvgIpc) is 3.07. The van der Waals surface area contributed by atoms with E-state index in [0.29, 0.717) is 11.3 Å². The molecule has 1 saturated heterocycles. The largest absolute Gasteiger partial charge is 0.497 e. The van der Waals surface area contributed by atoms with Gasteiger partial charge in [-0.25, -0.2) is 0 Å². The molecule has 6 nitrogen and oxygen atoms in total. The zero-order chi connectivity index (χ0) is 20.3. The third kappa shape index (κ3) is 4.22. The van der Waals surface area contributed by atoms with Crippen LogP contribution in [-0.2, 0) is 14.3 Å². The molecule has 2 aromatic rings. The van der Waals surface area contributed by atoms with Crippen molar-refractivity contribution in [3.63, 3.8) is 0 Å². The monoisotopic (exact) mass is 381 g/mol. The van der Waals surface area contributed by atoms with Gasteiger partial charge in [0.05, 0.1) is 13.0 Å². The van der Waals surface area contributed by atoms with E-state index in [0.717, 1.165) is 16.8 Å². The van der Waals surface area contributed by atoms with E-state index >= 15 is 0 Å². The summed E-state index contributed by atoms with van der Waals surface area (Å²) < 4.78 is 10.3. The van der Waals surface area contributed by atoms with Crippen LogP contribution in [0, 0.1) is 19.8 Å². The fourth-order valence-electron chi connectivity index (χ4n) is 3.34. The fourth-order valence-corrected chi connectivity index (χ4v) is 3.34. The summed E-state index contributed by atoms with van der Waals surface area (Å²) in [6.07, 6.45) is 0.0828. The molecule has 28 heavy (non-hydrogen) atoms. The van der Waals surface area contributed by atoms with Crippen molar-refractivity contribution in [3.8, 4) is 5.75 Å². The topological polar surface area (TPSA) is 72.9 Å². The lowest BCUT2D eigenvalue weighted by molar-refractivity contribution is -0.147. The molecule has 0 bridgehead atoms. The van der Waals surface area contributed by atoms with Gasteiger partial charge in [0.15, 0.2) is 12.4 Å².